The number of nitrogens with two attached hydrogens (primary N) is 1. The number of aliphatic hydroxyl groups excluding tert-OH is 1. The number of carbonyl (C=O) groups excluding carboxylic acids is 1. The van der Waals surface area contributed by atoms with Crippen molar-refractivity contribution in [3.63, 3.8) is 0 Å². The lowest BCUT2D eigenvalue weighted by molar-refractivity contribution is -0.119. The molecule has 1 rings (SSSR count). The van der Waals surface area contributed by atoms with E-state index in [1.165, 1.54) is 0 Å². The Morgan fingerprint density at radius 2 is 2.04 bits per heavy atom. The smallest absolute Gasteiger partial charge is 0.255 e. The Bertz CT molecular complexity index is 526. The van der Waals surface area contributed by atoms with Gasteiger partial charge in [0.05, 0.1) is 17.2 Å². The van der Waals surface area contributed by atoms with Crippen molar-refractivity contribution in [2.75, 3.05) is 32.8 Å². The van der Waals surface area contributed by atoms with Crippen molar-refractivity contribution in [2.45, 2.75) is 26.5 Å². The van der Waals surface area contributed by atoms with Crippen molar-refractivity contribution < 1.29 is 19.4 Å². The second-order valence-corrected chi connectivity index (χ2v) is 6.18. The molecule has 0 saturated carbocycles. The van der Waals surface area contributed by atoms with Gasteiger partial charge in [0, 0.05) is 26.2 Å². The summed E-state index contributed by atoms with van der Waals surface area (Å²) in [5, 5.41) is 15.6. The summed E-state index contributed by atoms with van der Waals surface area (Å²) in [6, 6.07) is 3.79. The van der Waals surface area contributed by atoms with E-state index in [1.807, 2.05) is 19.1 Å². The van der Waals surface area contributed by atoms with Gasteiger partial charge in [-0.15, -0.1) is 0 Å². The molecule has 1 atom stereocenters. The molecule has 8 heteroatoms. The number of amides is 1. The van der Waals surface area contributed by atoms with Gasteiger partial charge in [-0.2, -0.15) is 0 Å². The Labute approximate surface area is 151 Å². The van der Waals surface area contributed by atoms with Crippen molar-refractivity contribution in [1.82, 2.24) is 10.6 Å². The monoisotopic (exact) mass is 403 g/mol. The molecule has 5 N–H and O–H groups in total. The first-order valence-electron chi connectivity index (χ1n) is 7.89. The highest BCUT2D eigenvalue weighted by Gasteiger charge is 2.13. The van der Waals surface area contributed by atoms with Crippen LogP contribution in [0.25, 0.3) is 0 Å². The molecular weight excluding hydrogens is 378 g/mol. The first-order valence-corrected chi connectivity index (χ1v) is 8.69. The van der Waals surface area contributed by atoms with E-state index in [0.717, 1.165) is 18.7 Å². The maximum absolute atomic E-state index is 10.9. The topological polar surface area (TPSA) is 106 Å². The Balaban J connectivity index is 2.60. The predicted octanol–water partition coefficient (Wildman–Crippen LogP) is 0.772. The molecule has 1 unspecified atom stereocenters. The fourth-order valence-electron chi connectivity index (χ4n) is 1.99. The summed E-state index contributed by atoms with van der Waals surface area (Å²) in [5.41, 5.74) is 6.14. The van der Waals surface area contributed by atoms with E-state index in [0.29, 0.717) is 35.7 Å². The number of halogens is 1. The van der Waals surface area contributed by atoms with Crippen LogP contribution in [-0.2, 0) is 11.3 Å². The normalized spacial score (nSPS) is 12.0. The molecule has 0 heterocycles. The van der Waals surface area contributed by atoms with E-state index >= 15 is 0 Å². The average molecular weight is 404 g/mol. The molecule has 0 aromatic heterocycles. The molecule has 1 amide bonds. The molecule has 7 nitrogen and oxygen atoms in total. The van der Waals surface area contributed by atoms with Crippen molar-refractivity contribution in [1.29, 1.82) is 0 Å². The minimum Gasteiger partial charge on any atom is -0.490 e. The number of rotatable bonds is 12. The first kappa shape index (κ1) is 20.7. The Hall–Kier alpha value is -1.35. The van der Waals surface area contributed by atoms with Gasteiger partial charge in [0.25, 0.3) is 5.91 Å². The van der Waals surface area contributed by atoms with Gasteiger partial charge in [-0.1, -0.05) is 0 Å². The molecule has 0 aliphatic rings. The minimum absolute atomic E-state index is 0.203. The second kappa shape index (κ2) is 11.2. The zero-order chi connectivity index (χ0) is 17.9. The van der Waals surface area contributed by atoms with Crippen molar-refractivity contribution in [3.8, 4) is 11.5 Å². The fourth-order valence-corrected chi connectivity index (χ4v) is 2.59. The Morgan fingerprint density at radius 3 is 2.67 bits per heavy atom. The highest BCUT2D eigenvalue weighted by Crippen LogP contribution is 2.36. The lowest BCUT2D eigenvalue weighted by Gasteiger charge is -2.15. The third kappa shape index (κ3) is 7.96. The zero-order valence-electron chi connectivity index (χ0n) is 14.1. The summed E-state index contributed by atoms with van der Waals surface area (Å²) in [6.45, 7) is 6.68. The highest BCUT2D eigenvalue weighted by molar-refractivity contribution is 9.10. The van der Waals surface area contributed by atoms with Crippen LogP contribution in [-0.4, -0.2) is 50.0 Å². The predicted molar refractivity (Wildman–Crippen MR) is 96.3 cm³/mol. The number of primary amides is 1. The third-order valence-electron chi connectivity index (χ3n) is 2.98. The molecule has 0 aliphatic carbocycles. The van der Waals surface area contributed by atoms with Gasteiger partial charge in [0.1, 0.15) is 0 Å². The summed E-state index contributed by atoms with van der Waals surface area (Å²) >= 11 is 3.44. The summed E-state index contributed by atoms with van der Waals surface area (Å²) in [7, 11) is 0. The number of benzene rings is 1. The van der Waals surface area contributed by atoms with Crippen molar-refractivity contribution in [3.05, 3.63) is 22.2 Å². The summed E-state index contributed by atoms with van der Waals surface area (Å²) in [5.74, 6) is 0.495. The van der Waals surface area contributed by atoms with Crippen LogP contribution < -0.4 is 25.8 Å². The van der Waals surface area contributed by atoms with E-state index < -0.39 is 5.91 Å². The minimum atomic E-state index is -0.542. The average Bonchev–Trinajstić information content (AvgIpc) is 2.49. The number of nitrogens with one attached hydrogen (secondary N) is 2. The number of ether oxygens (including phenoxy) is 2. The van der Waals surface area contributed by atoms with Crippen LogP contribution in [0.4, 0.5) is 0 Å². The van der Waals surface area contributed by atoms with Crippen LogP contribution in [0.1, 0.15) is 19.4 Å². The molecule has 0 saturated heterocycles. The van der Waals surface area contributed by atoms with Crippen LogP contribution in [0.15, 0.2) is 16.6 Å². The molecule has 0 bridgehead atoms. The van der Waals surface area contributed by atoms with Crippen LogP contribution >= 0.6 is 15.9 Å². The van der Waals surface area contributed by atoms with Gasteiger partial charge < -0.3 is 30.9 Å². The van der Waals surface area contributed by atoms with Gasteiger partial charge in [0.2, 0.25) is 0 Å². The fraction of sp³-hybridized carbons (Fsp3) is 0.562. The maximum Gasteiger partial charge on any atom is 0.255 e. The highest BCUT2D eigenvalue weighted by atomic mass is 79.9. The van der Waals surface area contributed by atoms with E-state index in [2.05, 4.69) is 26.6 Å². The molecule has 1 aromatic rings. The van der Waals surface area contributed by atoms with Crippen LogP contribution in [0.2, 0.25) is 0 Å². The van der Waals surface area contributed by atoms with E-state index in [4.69, 9.17) is 20.3 Å². The van der Waals surface area contributed by atoms with Crippen molar-refractivity contribution in [2.24, 2.45) is 5.73 Å². The molecule has 0 spiro atoms. The third-order valence-corrected chi connectivity index (χ3v) is 3.56. The second-order valence-electron chi connectivity index (χ2n) is 5.32. The van der Waals surface area contributed by atoms with E-state index in [1.54, 1.807) is 6.92 Å². The summed E-state index contributed by atoms with van der Waals surface area (Å²) in [4.78, 5) is 10.9. The lowest BCUT2D eigenvalue weighted by atomic mass is 10.2. The zero-order valence-corrected chi connectivity index (χ0v) is 15.7. The molecule has 136 valence electrons. The summed E-state index contributed by atoms with van der Waals surface area (Å²) < 4.78 is 11.7. The molecular formula is C16H26BrN3O4. The molecule has 0 radical (unpaired) electrons. The van der Waals surface area contributed by atoms with Gasteiger partial charge in [0.15, 0.2) is 18.1 Å². The quantitative estimate of drug-likeness (QED) is 0.384. The van der Waals surface area contributed by atoms with Crippen LogP contribution in [0.5, 0.6) is 11.5 Å². The Morgan fingerprint density at radius 1 is 1.33 bits per heavy atom. The number of aliphatic hydroxyl groups is 1. The largest absolute Gasteiger partial charge is 0.490 e. The molecule has 24 heavy (non-hydrogen) atoms. The standard InChI is InChI=1S/C16H26BrN3O4/c1-3-23-14-7-12(9-20-5-4-19-8-11(2)21)6-13(17)16(14)24-10-15(18)22/h6-7,11,19-21H,3-5,8-10H2,1-2H3,(H2,18,22). The summed E-state index contributed by atoms with van der Waals surface area (Å²) in [6.07, 6.45) is -0.345. The van der Waals surface area contributed by atoms with Gasteiger partial charge in [-0.25, -0.2) is 0 Å². The number of carbonyl (C=O) groups is 1. The van der Waals surface area contributed by atoms with Crippen LogP contribution in [0.3, 0.4) is 0 Å². The molecule has 0 fully saturated rings. The lowest BCUT2D eigenvalue weighted by Crippen LogP contribution is -2.31. The maximum atomic E-state index is 10.9. The van der Waals surface area contributed by atoms with Gasteiger partial charge in [-0.05, 0) is 47.5 Å². The van der Waals surface area contributed by atoms with Gasteiger partial charge >= 0.3 is 0 Å². The molecule has 0 aliphatic heterocycles. The van der Waals surface area contributed by atoms with Gasteiger partial charge in [-0.3, -0.25) is 4.79 Å². The van der Waals surface area contributed by atoms with E-state index in [-0.39, 0.29) is 12.7 Å². The Kier molecular flexibility index (Phi) is 9.70. The number of hydrogen-bond donors (Lipinski definition) is 4. The SMILES string of the molecule is CCOc1cc(CNCCNCC(C)O)cc(Br)c1OCC(N)=O. The van der Waals surface area contributed by atoms with Crippen molar-refractivity contribution >= 4 is 21.8 Å². The van der Waals surface area contributed by atoms with Crippen LogP contribution in [0, 0.1) is 0 Å². The first-order chi connectivity index (χ1) is 11.4. The molecule has 1 aromatic carbocycles. The number of hydrogen-bond acceptors (Lipinski definition) is 6. The van der Waals surface area contributed by atoms with E-state index in [9.17, 15) is 4.79 Å².